The van der Waals surface area contributed by atoms with E-state index < -0.39 is 0 Å². The number of carbonyl (C=O) groups excluding carboxylic acids is 2. The quantitative estimate of drug-likeness (QED) is 0.263. The summed E-state index contributed by atoms with van der Waals surface area (Å²) >= 11 is 0. The lowest BCUT2D eigenvalue weighted by Gasteiger charge is -2.03. The number of aldehydes is 2. The average molecular weight is 168 g/mol. The molecule has 0 saturated carbocycles. The molecule has 0 aromatic heterocycles. The summed E-state index contributed by atoms with van der Waals surface area (Å²) in [6.45, 7) is 4.14. The highest BCUT2D eigenvalue weighted by Gasteiger charge is 1.99. The van der Waals surface area contributed by atoms with Crippen molar-refractivity contribution in [3.8, 4) is 0 Å². The van der Waals surface area contributed by atoms with Crippen molar-refractivity contribution in [1.29, 1.82) is 0 Å². The lowest BCUT2D eigenvalue weighted by molar-refractivity contribution is -0.109. The zero-order chi connectivity index (χ0) is 9.40. The Hall–Kier alpha value is -0.920. The molecule has 68 valence electrons. The number of hydrogen-bond donors (Lipinski definition) is 0. The Morgan fingerprint density at radius 1 is 1.33 bits per heavy atom. The Balaban J connectivity index is 3.92. The van der Waals surface area contributed by atoms with E-state index in [1.54, 1.807) is 6.08 Å². The van der Waals surface area contributed by atoms with E-state index >= 15 is 0 Å². The number of rotatable bonds is 6. The topological polar surface area (TPSA) is 34.1 Å². The van der Waals surface area contributed by atoms with Gasteiger partial charge in [-0.3, -0.25) is 9.59 Å². The molecule has 1 atom stereocenters. The molecule has 0 bridgehead atoms. The van der Waals surface area contributed by atoms with Crippen LogP contribution in [0.2, 0.25) is 0 Å². The molecule has 0 aliphatic carbocycles. The Kier molecular flexibility index (Phi) is 6.25. The molecule has 0 rings (SSSR count). The van der Waals surface area contributed by atoms with Crippen molar-refractivity contribution >= 4 is 12.6 Å². The minimum atomic E-state index is 0.263. The maximum absolute atomic E-state index is 10.2. The molecule has 0 saturated heterocycles. The van der Waals surface area contributed by atoms with Crippen LogP contribution in [0, 0.1) is 5.92 Å². The third-order valence-corrected chi connectivity index (χ3v) is 1.76. The van der Waals surface area contributed by atoms with E-state index in [4.69, 9.17) is 0 Å². The van der Waals surface area contributed by atoms with Gasteiger partial charge in [0, 0.05) is 0 Å². The van der Waals surface area contributed by atoms with Gasteiger partial charge in [-0.2, -0.15) is 0 Å². The summed E-state index contributed by atoms with van der Waals surface area (Å²) in [5.74, 6) is 0.329. The summed E-state index contributed by atoms with van der Waals surface area (Å²) in [5, 5.41) is 0. The van der Waals surface area contributed by atoms with Crippen molar-refractivity contribution in [2.45, 2.75) is 33.1 Å². The van der Waals surface area contributed by atoms with Gasteiger partial charge in [0.2, 0.25) is 0 Å². The highest BCUT2D eigenvalue weighted by molar-refractivity contribution is 5.99. The number of unbranched alkanes of at least 4 members (excludes halogenated alkanes) is 1. The first-order valence-electron chi connectivity index (χ1n) is 4.36. The fourth-order valence-electron chi connectivity index (χ4n) is 1.04. The van der Waals surface area contributed by atoms with E-state index in [9.17, 15) is 9.59 Å². The van der Waals surface area contributed by atoms with Gasteiger partial charge in [0.25, 0.3) is 0 Å². The highest BCUT2D eigenvalue weighted by atomic mass is 16.1. The molecule has 1 unspecified atom stereocenters. The first kappa shape index (κ1) is 11.1. The van der Waals surface area contributed by atoms with Gasteiger partial charge >= 0.3 is 0 Å². The monoisotopic (exact) mass is 168 g/mol. The van der Waals surface area contributed by atoms with E-state index in [1.807, 2.05) is 6.92 Å². The van der Waals surface area contributed by atoms with Crippen LogP contribution >= 0.6 is 0 Å². The predicted octanol–water partition coefficient (Wildman–Crippen LogP) is 2.14. The third-order valence-electron chi connectivity index (χ3n) is 1.76. The van der Waals surface area contributed by atoms with Gasteiger partial charge in [0.1, 0.15) is 0 Å². The molecule has 0 N–H and O–H groups in total. The molecule has 0 radical (unpaired) electrons. The smallest absolute Gasteiger partial charge is 0.153 e. The fourth-order valence-corrected chi connectivity index (χ4v) is 1.04. The van der Waals surface area contributed by atoms with Crippen LogP contribution in [0.4, 0.5) is 0 Å². The number of carbonyl (C=O) groups is 2. The van der Waals surface area contributed by atoms with Crippen LogP contribution < -0.4 is 0 Å². The van der Waals surface area contributed by atoms with E-state index in [1.165, 1.54) is 0 Å². The van der Waals surface area contributed by atoms with Crippen LogP contribution in [0.1, 0.15) is 33.1 Å². The second-order valence-electron chi connectivity index (χ2n) is 3.02. The first-order valence-corrected chi connectivity index (χ1v) is 4.36. The van der Waals surface area contributed by atoms with E-state index in [-0.39, 0.29) is 5.57 Å². The minimum Gasteiger partial charge on any atom is -0.298 e. The van der Waals surface area contributed by atoms with Crippen molar-refractivity contribution in [1.82, 2.24) is 0 Å². The fraction of sp³-hybridized carbons (Fsp3) is 0.600. The van der Waals surface area contributed by atoms with Crippen LogP contribution in [0.25, 0.3) is 0 Å². The van der Waals surface area contributed by atoms with Crippen LogP contribution in [-0.2, 0) is 9.59 Å². The van der Waals surface area contributed by atoms with Crippen molar-refractivity contribution in [2.75, 3.05) is 0 Å². The summed E-state index contributed by atoms with van der Waals surface area (Å²) < 4.78 is 0. The Bertz CT molecular complexity index is 161. The Morgan fingerprint density at radius 2 is 1.92 bits per heavy atom. The van der Waals surface area contributed by atoms with Gasteiger partial charge in [0.15, 0.2) is 12.6 Å². The lowest BCUT2D eigenvalue weighted by atomic mass is 10.0. The van der Waals surface area contributed by atoms with Crippen molar-refractivity contribution in [2.24, 2.45) is 5.92 Å². The summed E-state index contributed by atoms with van der Waals surface area (Å²) in [4.78, 5) is 20.5. The van der Waals surface area contributed by atoms with Crippen molar-refractivity contribution in [3.63, 3.8) is 0 Å². The molecule has 2 nitrogen and oxygen atoms in total. The predicted molar refractivity (Wildman–Crippen MR) is 48.9 cm³/mol. The highest BCUT2D eigenvalue weighted by Crippen LogP contribution is 2.09. The normalized spacial score (nSPS) is 11.8. The SMILES string of the molecule is CCCCC(C)C=C(C=O)C=O. The number of hydrogen-bond acceptors (Lipinski definition) is 2. The summed E-state index contributed by atoms with van der Waals surface area (Å²) in [6, 6.07) is 0. The third kappa shape index (κ3) is 4.83. The van der Waals surface area contributed by atoms with Gasteiger partial charge < -0.3 is 0 Å². The molecule has 12 heavy (non-hydrogen) atoms. The first-order chi connectivity index (χ1) is 5.74. The molecular weight excluding hydrogens is 152 g/mol. The number of allylic oxidation sites excluding steroid dienone is 2. The minimum absolute atomic E-state index is 0.263. The molecule has 0 aromatic carbocycles. The second kappa shape index (κ2) is 6.77. The van der Waals surface area contributed by atoms with Crippen LogP contribution in [0.3, 0.4) is 0 Å². The van der Waals surface area contributed by atoms with Crippen LogP contribution in [0.15, 0.2) is 11.6 Å². The average Bonchev–Trinajstić information content (AvgIpc) is 2.10. The molecule has 2 heteroatoms. The van der Waals surface area contributed by atoms with Crippen molar-refractivity contribution in [3.05, 3.63) is 11.6 Å². The zero-order valence-corrected chi connectivity index (χ0v) is 7.75. The molecule has 0 aliphatic heterocycles. The van der Waals surface area contributed by atoms with E-state index in [0.29, 0.717) is 18.5 Å². The largest absolute Gasteiger partial charge is 0.298 e. The molecular formula is C10H16O2. The van der Waals surface area contributed by atoms with Crippen LogP contribution in [0.5, 0.6) is 0 Å². The van der Waals surface area contributed by atoms with Gasteiger partial charge in [-0.25, -0.2) is 0 Å². The molecule has 0 amide bonds. The van der Waals surface area contributed by atoms with Gasteiger partial charge in [-0.15, -0.1) is 0 Å². The standard InChI is InChI=1S/C10H16O2/c1-3-4-5-9(2)6-10(7-11)8-12/h6-9H,3-5H2,1-2H3. The maximum atomic E-state index is 10.2. The molecule has 0 spiro atoms. The van der Waals surface area contributed by atoms with Gasteiger partial charge in [0.05, 0.1) is 5.57 Å². The second-order valence-corrected chi connectivity index (χ2v) is 3.02. The van der Waals surface area contributed by atoms with E-state index in [0.717, 1.165) is 19.3 Å². The van der Waals surface area contributed by atoms with Gasteiger partial charge in [-0.05, 0) is 12.3 Å². The molecule has 0 fully saturated rings. The van der Waals surface area contributed by atoms with Crippen LogP contribution in [-0.4, -0.2) is 12.6 Å². The summed E-state index contributed by atoms with van der Waals surface area (Å²) in [7, 11) is 0. The van der Waals surface area contributed by atoms with Crippen molar-refractivity contribution < 1.29 is 9.59 Å². The molecule has 0 aliphatic rings. The Labute approximate surface area is 73.7 Å². The van der Waals surface area contributed by atoms with E-state index in [2.05, 4.69) is 6.92 Å². The Morgan fingerprint density at radius 3 is 2.33 bits per heavy atom. The summed E-state index contributed by atoms with van der Waals surface area (Å²) in [6.07, 6.45) is 6.28. The molecule has 0 aromatic rings. The maximum Gasteiger partial charge on any atom is 0.153 e. The zero-order valence-electron chi connectivity index (χ0n) is 7.75. The lowest BCUT2D eigenvalue weighted by Crippen LogP contribution is -1.94. The summed E-state index contributed by atoms with van der Waals surface area (Å²) in [5.41, 5.74) is 0.263. The van der Waals surface area contributed by atoms with Gasteiger partial charge in [-0.1, -0.05) is 32.8 Å². The molecule has 0 heterocycles.